The number of hydrogen-bond donors (Lipinski definition) is 0. The fourth-order valence-corrected chi connectivity index (χ4v) is 3.15. The lowest BCUT2D eigenvalue weighted by Gasteiger charge is -2.34. The van der Waals surface area contributed by atoms with Crippen molar-refractivity contribution < 1.29 is 19.0 Å². The third kappa shape index (κ3) is 4.00. The zero-order valence-electron chi connectivity index (χ0n) is 15.7. The summed E-state index contributed by atoms with van der Waals surface area (Å²) in [4.78, 5) is 16.4. The number of carbonyl (C=O) groups is 1. The van der Waals surface area contributed by atoms with Gasteiger partial charge in [0.1, 0.15) is 0 Å². The zero-order valence-corrected chi connectivity index (χ0v) is 15.7. The SMILES string of the molecule is CCOc1ccc(N2CCN(C(=O)/C=C/c3ccc4c(c3)OCO4)CC2)nn1. The van der Waals surface area contributed by atoms with Crippen molar-refractivity contribution in [2.45, 2.75) is 6.92 Å². The van der Waals surface area contributed by atoms with E-state index in [4.69, 9.17) is 14.2 Å². The van der Waals surface area contributed by atoms with Crippen LogP contribution in [0.4, 0.5) is 5.82 Å². The second kappa shape index (κ2) is 8.16. The third-order valence-electron chi connectivity index (χ3n) is 4.65. The van der Waals surface area contributed by atoms with Crippen LogP contribution in [0.15, 0.2) is 36.4 Å². The molecule has 1 aromatic heterocycles. The summed E-state index contributed by atoms with van der Waals surface area (Å²) in [5, 5.41) is 8.27. The Morgan fingerprint density at radius 2 is 1.93 bits per heavy atom. The second-order valence-corrected chi connectivity index (χ2v) is 6.42. The summed E-state index contributed by atoms with van der Waals surface area (Å²) in [6.45, 7) is 5.42. The third-order valence-corrected chi connectivity index (χ3v) is 4.65. The van der Waals surface area contributed by atoms with E-state index in [-0.39, 0.29) is 12.7 Å². The Morgan fingerprint density at radius 1 is 1.11 bits per heavy atom. The molecule has 3 heterocycles. The minimum atomic E-state index is -0.00454. The van der Waals surface area contributed by atoms with Gasteiger partial charge in [0.25, 0.3) is 0 Å². The first-order valence-electron chi connectivity index (χ1n) is 9.31. The summed E-state index contributed by atoms with van der Waals surface area (Å²) in [6, 6.07) is 9.34. The molecule has 1 amide bonds. The van der Waals surface area contributed by atoms with Crippen LogP contribution in [0.1, 0.15) is 12.5 Å². The largest absolute Gasteiger partial charge is 0.477 e. The van der Waals surface area contributed by atoms with Gasteiger partial charge in [-0.15, -0.1) is 10.2 Å². The van der Waals surface area contributed by atoms with Crippen molar-refractivity contribution in [2.24, 2.45) is 0 Å². The molecule has 0 spiro atoms. The van der Waals surface area contributed by atoms with Crippen molar-refractivity contribution in [1.82, 2.24) is 15.1 Å². The molecule has 2 aliphatic heterocycles. The Bertz CT molecular complexity index is 861. The molecular weight excluding hydrogens is 360 g/mol. The second-order valence-electron chi connectivity index (χ2n) is 6.42. The minimum absolute atomic E-state index is 0.00454. The predicted molar refractivity (Wildman–Crippen MR) is 104 cm³/mol. The van der Waals surface area contributed by atoms with Gasteiger partial charge in [-0.3, -0.25) is 4.79 Å². The van der Waals surface area contributed by atoms with Crippen LogP contribution in [0.5, 0.6) is 17.4 Å². The van der Waals surface area contributed by atoms with Gasteiger partial charge in [0.2, 0.25) is 18.6 Å². The van der Waals surface area contributed by atoms with Crippen LogP contribution in [0.2, 0.25) is 0 Å². The minimum Gasteiger partial charge on any atom is -0.477 e. The summed E-state index contributed by atoms with van der Waals surface area (Å²) < 4.78 is 16.0. The van der Waals surface area contributed by atoms with Crippen LogP contribution in [0.25, 0.3) is 6.08 Å². The Balaban J connectivity index is 1.31. The maximum absolute atomic E-state index is 12.5. The number of anilines is 1. The van der Waals surface area contributed by atoms with Crippen LogP contribution in [0.3, 0.4) is 0 Å². The van der Waals surface area contributed by atoms with E-state index in [0.717, 1.165) is 17.1 Å². The standard InChI is InChI=1S/C20H22N4O4/c1-2-26-19-7-6-18(21-22-19)23-9-11-24(12-10-23)20(25)8-4-15-3-5-16-17(13-15)28-14-27-16/h3-8,13H,2,9-12,14H2,1H3/b8-4+. The van der Waals surface area contributed by atoms with Crippen LogP contribution in [-0.4, -0.2) is 60.6 Å². The van der Waals surface area contributed by atoms with Gasteiger partial charge in [-0.05, 0) is 36.8 Å². The molecule has 0 aliphatic carbocycles. The first kappa shape index (κ1) is 18.1. The molecule has 2 aliphatic rings. The van der Waals surface area contributed by atoms with E-state index in [1.54, 1.807) is 12.2 Å². The van der Waals surface area contributed by atoms with E-state index >= 15 is 0 Å². The summed E-state index contributed by atoms with van der Waals surface area (Å²) in [5.74, 6) is 2.76. The topological polar surface area (TPSA) is 77.0 Å². The van der Waals surface area contributed by atoms with E-state index in [9.17, 15) is 4.79 Å². The van der Waals surface area contributed by atoms with Gasteiger partial charge >= 0.3 is 0 Å². The van der Waals surface area contributed by atoms with Crippen molar-refractivity contribution in [2.75, 3.05) is 44.5 Å². The van der Waals surface area contributed by atoms with E-state index in [1.807, 2.05) is 42.2 Å². The van der Waals surface area contributed by atoms with Gasteiger partial charge in [-0.2, -0.15) is 0 Å². The fraction of sp³-hybridized carbons (Fsp3) is 0.350. The molecule has 4 rings (SSSR count). The molecule has 1 saturated heterocycles. The maximum atomic E-state index is 12.5. The Labute approximate surface area is 163 Å². The van der Waals surface area contributed by atoms with Crippen molar-refractivity contribution in [1.29, 1.82) is 0 Å². The molecule has 0 N–H and O–H groups in total. The molecule has 28 heavy (non-hydrogen) atoms. The van der Waals surface area contributed by atoms with Crippen molar-refractivity contribution >= 4 is 17.8 Å². The van der Waals surface area contributed by atoms with Crippen molar-refractivity contribution in [3.8, 4) is 17.4 Å². The normalized spacial score (nSPS) is 15.9. The zero-order chi connectivity index (χ0) is 19.3. The van der Waals surface area contributed by atoms with Gasteiger partial charge in [0.05, 0.1) is 6.61 Å². The lowest BCUT2D eigenvalue weighted by Crippen LogP contribution is -2.48. The number of fused-ring (bicyclic) bond motifs is 1. The summed E-state index contributed by atoms with van der Waals surface area (Å²) in [5.41, 5.74) is 0.904. The highest BCUT2D eigenvalue weighted by molar-refractivity contribution is 5.92. The quantitative estimate of drug-likeness (QED) is 0.732. The van der Waals surface area contributed by atoms with Crippen molar-refractivity contribution in [3.63, 3.8) is 0 Å². The number of carbonyl (C=O) groups excluding carboxylic acids is 1. The molecule has 0 bridgehead atoms. The number of aromatic nitrogens is 2. The average Bonchev–Trinajstić information content (AvgIpc) is 3.21. The van der Waals surface area contributed by atoms with Gasteiger partial charge in [0.15, 0.2) is 17.3 Å². The van der Waals surface area contributed by atoms with E-state index in [2.05, 4.69) is 15.1 Å². The predicted octanol–water partition coefficient (Wildman–Crippen LogP) is 1.97. The number of nitrogens with zero attached hydrogens (tertiary/aromatic N) is 4. The highest BCUT2D eigenvalue weighted by atomic mass is 16.7. The lowest BCUT2D eigenvalue weighted by atomic mass is 10.2. The van der Waals surface area contributed by atoms with Gasteiger partial charge in [0, 0.05) is 38.3 Å². The maximum Gasteiger partial charge on any atom is 0.246 e. The fourth-order valence-electron chi connectivity index (χ4n) is 3.15. The van der Waals surface area contributed by atoms with Gasteiger partial charge in [-0.1, -0.05) is 6.07 Å². The smallest absolute Gasteiger partial charge is 0.246 e. The molecule has 146 valence electrons. The van der Waals surface area contributed by atoms with Crippen LogP contribution < -0.4 is 19.1 Å². The van der Waals surface area contributed by atoms with Crippen LogP contribution in [-0.2, 0) is 4.79 Å². The number of piperazine rings is 1. The molecule has 8 heteroatoms. The Morgan fingerprint density at radius 3 is 2.68 bits per heavy atom. The Hall–Kier alpha value is -3.29. The molecule has 2 aromatic rings. The highest BCUT2D eigenvalue weighted by Crippen LogP contribution is 2.32. The number of benzene rings is 1. The number of ether oxygens (including phenoxy) is 3. The highest BCUT2D eigenvalue weighted by Gasteiger charge is 2.21. The van der Waals surface area contributed by atoms with Gasteiger partial charge < -0.3 is 24.0 Å². The molecule has 8 nitrogen and oxygen atoms in total. The first-order chi connectivity index (χ1) is 13.7. The number of hydrogen-bond acceptors (Lipinski definition) is 7. The van der Waals surface area contributed by atoms with Crippen LogP contribution in [0, 0.1) is 0 Å². The lowest BCUT2D eigenvalue weighted by molar-refractivity contribution is -0.126. The molecular formula is C20H22N4O4. The molecule has 0 unspecified atom stereocenters. The molecule has 1 fully saturated rings. The molecule has 0 atom stereocenters. The Kier molecular flexibility index (Phi) is 5.27. The number of amides is 1. The monoisotopic (exact) mass is 382 g/mol. The van der Waals surface area contributed by atoms with Gasteiger partial charge in [-0.25, -0.2) is 0 Å². The van der Waals surface area contributed by atoms with E-state index < -0.39 is 0 Å². The van der Waals surface area contributed by atoms with E-state index in [0.29, 0.717) is 44.4 Å². The number of rotatable bonds is 5. The molecule has 0 saturated carbocycles. The summed E-state index contributed by atoms with van der Waals surface area (Å²) in [7, 11) is 0. The van der Waals surface area contributed by atoms with Crippen LogP contribution >= 0.6 is 0 Å². The average molecular weight is 382 g/mol. The van der Waals surface area contributed by atoms with E-state index in [1.165, 1.54) is 0 Å². The summed E-state index contributed by atoms with van der Waals surface area (Å²) >= 11 is 0. The molecule has 0 radical (unpaired) electrons. The first-order valence-corrected chi connectivity index (χ1v) is 9.31. The summed E-state index contributed by atoms with van der Waals surface area (Å²) in [6.07, 6.45) is 3.40. The molecule has 1 aromatic carbocycles. The van der Waals surface area contributed by atoms with Crippen molar-refractivity contribution in [3.05, 3.63) is 42.0 Å².